The van der Waals surface area contributed by atoms with Crippen LogP contribution in [-0.2, 0) is 7.05 Å². The first-order chi connectivity index (χ1) is 11.5. The number of aromatic nitrogens is 1. The van der Waals surface area contributed by atoms with Crippen LogP contribution in [0.4, 0.5) is 4.39 Å². The van der Waals surface area contributed by atoms with Gasteiger partial charge >= 0.3 is 0 Å². The molecule has 1 atom stereocenters. The Morgan fingerprint density at radius 3 is 2.79 bits per heavy atom. The highest BCUT2D eigenvalue weighted by Crippen LogP contribution is 2.20. The van der Waals surface area contributed by atoms with Gasteiger partial charge in [0.2, 0.25) is 5.91 Å². The Hall–Kier alpha value is -2.67. The number of benzene rings is 1. The number of aryl methyl sites for hydroxylation is 1. The van der Waals surface area contributed by atoms with Gasteiger partial charge in [-0.05, 0) is 23.8 Å². The average molecular weight is 330 g/mol. The van der Waals surface area contributed by atoms with Crippen LogP contribution in [0, 0.1) is 5.82 Å². The first-order valence-electron chi connectivity index (χ1n) is 7.70. The summed E-state index contributed by atoms with van der Waals surface area (Å²) in [5.74, 6) is -1.04. The molecule has 0 aliphatic carbocycles. The molecule has 1 aromatic carbocycles. The van der Waals surface area contributed by atoms with Gasteiger partial charge in [-0.25, -0.2) is 4.39 Å². The van der Waals surface area contributed by atoms with Crippen molar-refractivity contribution in [3.05, 3.63) is 59.2 Å². The molecule has 7 heteroatoms. The van der Waals surface area contributed by atoms with Crippen LogP contribution in [0.1, 0.15) is 32.5 Å². The van der Waals surface area contributed by atoms with E-state index in [1.54, 1.807) is 28.8 Å². The van der Waals surface area contributed by atoms with Crippen molar-refractivity contribution in [3.8, 4) is 0 Å². The van der Waals surface area contributed by atoms with Crippen LogP contribution in [0.2, 0.25) is 0 Å². The molecule has 0 radical (unpaired) electrons. The molecule has 3 rings (SSSR count). The van der Waals surface area contributed by atoms with Gasteiger partial charge in [-0.15, -0.1) is 0 Å². The van der Waals surface area contributed by atoms with Crippen molar-refractivity contribution in [1.82, 2.24) is 14.8 Å². The van der Waals surface area contributed by atoms with Gasteiger partial charge in [0, 0.05) is 32.9 Å². The van der Waals surface area contributed by atoms with E-state index in [9.17, 15) is 14.0 Å². The van der Waals surface area contributed by atoms with E-state index in [2.05, 4.69) is 5.32 Å². The molecule has 1 aliphatic rings. The zero-order chi connectivity index (χ0) is 17.3. The summed E-state index contributed by atoms with van der Waals surface area (Å²) in [4.78, 5) is 25.7. The van der Waals surface area contributed by atoms with E-state index in [-0.39, 0.29) is 17.8 Å². The van der Waals surface area contributed by atoms with E-state index >= 15 is 0 Å². The van der Waals surface area contributed by atoms with Crippen LogP contribution in [0.25, 0.3) is 0 Å². The van der Waals surface area contributed by atoms with Gasteiger partial charge in [-0.2, -0.15) is 0 Å². The summed E-state index contributed by atoms with van der Waals surface area (Å²) in [6.07, 6.45) is 1.54. The second-order valence-corrected chi connectivity index (χ2v) is 5.90. The maximum Gasteiger partial charge on any atom is 0.270 e. The molecular weight excluding hydrogens is 311 g/mol. The number of piperazine rings is 1. The number of hydrogen-bond acceptors (Lipinski definition) is 3. The summed E-state index contributed by atoms with van der Waals surface area (Å²) in [5, 5.41) is 3.30. The average Bonchev–Trinajstić information content (AvgIpc) is 2.96. The van der Waals surface area contributed by atoms with Gasteiger partial charge < -0.3 is 20.5 Å². The number of nitrogens with zero attached hydrogens (tertiary/aromatic N) is 2. The molecule has 1 saturated heterocycles. The van der Waals surface area contributed by atoms with Gasteiger partial charge in [0.1, 0.15) is 11.5 Å². The summed E-state index contributed by atoms with van der Waals surface area (Å²) < 4.78 is 15.0. The van der Waals surface area contributed by atoms with Crippen molar-refractivity contribution < 1.29 is 14.0 Å². The normalized spacial score (nSPS) is 17.8. The van der Waals surface area contributed by atoms with Crippen LogP contribution in [-0.4, -0.2) is 40.9 Å². The molecule has 0 saturated carbocycles. The summed E-state index contributed by atoms with van der Waals surface area (Å²) in [6.45, 7) is 1.58. The maximum atomic E-state index is 13.4. The second kappa shape index (κ2) is 6.45. The van der Waals surface area contributed by atoms with Crippen molar-refractivity contribution in [1.29, 1.82) is 0 Å². The van der Waals surface area contributed by atoms with Crippen LogP contribution >= 0.6 is 0 Å². The van der Waals surface area contributed by atoms with E-state index in [1.165, 1.54) is 18.2 Å². The lowest BCUT2D eigenvalue weighted by molar-refractivity contribution is 0.0693. The Bertz CT molecular complexity index is 787. The number of carbonyl (C=O) groups is 2. The molecular formula is C17H19FN4O2. The maximum absolute atomic E-state index is 13.4. The third kappa shape index (κ3) is 3.16. The highest BCUT2D eigenvalue weighted by Gasteiger charge is 2.27. The molecule has 3 N–H and O–H groups in total. The van der Waals surface area contributed by atoms with E-state index in [1.807, 2.05) is 6.07 Å². The number of carbonyl (C=O) groups excluding carboxylic acids is 2. The highest BCUT2D eigenvalue weighted by atomic mass is 19.1. The Balaban J connectivity index is 1.79. The topological polar surface area (TPSA) is 80.4 Å². The zero-order valence-corrected chi connectivity index (χ0v) is 13.3. The van der Waals surface area contributed by atoms with E-state index in [0.717, 1.165) is 5.56 Å². The van der Waals surface area contributed by atoms with Crippen molar-refractivity contribution >= 4 is 11.8 Å². The molecule has 1 aromatic heterocycles. The summed E-state index contributed by atoms with van der Waals surface area (Å²) in [5.41, 5.74) is 6.78. The fourth-order valence-electron chi connectivity index (χ4n) is 2.95. The van der Waals surface area contributed by atoms with Gasteiger partial charge in [0.25, 0.3) is 5.91 Å². The molecule has 1 unspecified atom stereocenters. The quantitative estimate of drug-likeness (QED) is 0.883. The fourth-order valence-corrected chi connectivity index (χ4v) is 2.95. The van der Waals surface area contributed by atoms with Crippen molar-refractivity contribution in [2.75, 3.05) is 19.6 Å². The first-order valence-corrected chi connectivity index (χ1v) is 7.70. The van der Waals surface area contributed by atoms with Gasteiger partial charge in [-0.1, -0.05) is 12.1 Å². The molecule has 0 spiro atoms. The zero-order valence-electron chi connectivity index (χ0n) is 13.3. The molecule has 126 valence electrons. The molecule has 2 aromatic rings. The Kier molecular flexibility index (Phi) is 4.35. The third-order valence-corrected chi connectivity index (χ3v) is 4.22. The molecule has 1 aliphatic heterocycles. The molecule has 1 fully saturated rings. The number of amides is 2. The van der Waals surface area contributed by atoms with Crippen LogP contribution < -0.4 is 11.1 Å². The lowest BCUT2D eigenvalue weighted by Crippen LogP contribution is -2.48. The van der Waals surface area contributed by atoms with Gasteiger partial charge in [0.15, 0.2) is 0 Å². The second-order valence-electron chi connectivity index (χ2n) is 5.90. The summed E-state index contributed by atoms with van der Waals surface area (Å²) in [7, 11) is 1.70. The minimum Gasteiger partial charge on any atom is -0.366 e. The Morgan fingerprint density at radius 2 is 2.12 bits per heavy atom. The lowest BCUT2D eigenvalue weighted by atomic mass is 10.0. The molecule has 6 nitrogen and oxygen atoms in total. The van der Waals surface area contributed by atoms with Crippen LogP contribution in [0.3, 0.4) is 0 Å². The van der Waals surface area contributed by atoms with Crippen molar-refractivity contribution in [2.24, 2.45) is 12.8 Å². The molecule has 24 heavy (non-hydrogen) atoms. The van der Waals surface area contributed by atoms with Gasteiger partial charge in [-0.3, -0.25) is 9.59 Å². The number of rotatable bonds is 3. The largest absolute Gasteiger partial charge is 0.366 e. The van der Waals surface area contributed by atoms with Crippen molar-refractivity contribution in [3.63, 3.8) is 0 Å². The molecule has 2 heterocycles. The lowest BCUT2D eigenvalue weighted by Gasteiger charge is -2.34. The number of primary amides is 1. The minimum atomic E-state index is -0.567. The SMILES string of the molecule is Cn1cc(C(N)=O)cc1C(=O)N1CCNC(c2cccc(F)c2)C1. The van der Waals surface area contributed by atoms with Gasteiger partial charge in [0.05, 0.1) is 11.6 Å². The van der Waals surface area contributed by atoms with Crippen molar-refractivity contribution in [2.45, 2.75) is 6.04 Å². The Morgan fingerprint density at radius 1 is 1.33 bits per heavy atom. The number of nitrogens with one attached hydrogen (secondary N) is 1. The molecule has 0 bridgehead atoms. The smallest absolute Gasteiger partial charge is 0.270 e. The minimum absolute atomic E-state index is 0.130. The van der Waals surface area contributed by atoms with Crippen LogP contribution in [0.15, 0.2) is 36.5 Å². The predicted molar refractivity (Wildman–Crippen MR) is 87.0 cm³/mol. The van der Waals surface area contributed by atoms with E-state index in [4.69, 9.17) is 5.73 Å². The highest BCUT2D eigenvalue weighted by molar-refractivity contribution is 5.98. The number of halogens is 1. The Labute approximate surface area is 139 Å². The summed E-state index contributed by atoms with van der Waals surface area (Å²) >= 11 is 0. The fraction of sp³-hybridized carbons (Fsp3) is 0.294. The van der Waals surface area contributed by atoms with Crippen LogP contribution in [0.5, 0.6) is 0 Å². The number of nitrogens with two attached hydrogens (primary N) is 1. The van der Waals surface area contributed by atoms with E-state index in [0.29, 0.717) is 30.9 Å². The third-order valence-electron chi connectivity index (χ3n) is 4.22. The monoisotopic (exact) mass is 330 g/mol. The first kappa shape index (κ1) is 16.2. The number of hydrogen-bond donors (Lipinski definition) is 2. The molecule has 2 amide bonds. The predicted octanol–water partition coefficient (Wildman–Crippen LogP) is 1.05. The summed E-state index contributed by atoms with van der Waals surface area (Å²) in [6, 6.07) is 7.73. The van der Waals surface area contributed by atoms with E-state index < -0.39 is 5.91 Å². The standard InChI is InChI=1S/C17H19FN4O2/c1-21-9-12(16(19)23)8-15(21)17(24)22-6-5-20-14(10-22)11-3-2-4-13(18)7-11/h2-4,7-9,14,20H,5-6,10H2,1H3,(H2,19,23).